The molecule has 1 aliphatic rings. The first kappa shape index (κ1) is 10.5. The molecule has 0 saturated carbocycles. The highest BCUT2D eigenvalue weighted by Crippen LogP contribution is 2.31. The van der Waals surface area contributed by atoms with E-state index in [1.165, 1.54) is 0 Å². The number of nitrogens with one attached hydrogen (secondary N) is 1. The lowest BCUT2D eigenvalue weighted by atomic mass is 9.82. The van der Waals surface area contributed by atoms with E-state index >= 15 is 0 Å². The first-order valence-electron chi connectivity index (χ1n) is 5.15. The number of aliphatic carboxylic acids is 1. The van der Waals surface area contributed by atoms with Gasteiger partial charge in [0.15, 0.2) is 0 Å². The third kappa shape index (κ3) is 2.44. The van der Waals surface area contributed by atoms with Gasteiger partial charge in [-0.25, -0.2) is 0 Å². The van der Waals surface area contributed by atoms with Gasteiger partial charge in [0, 0.05) is 6.54 Å². The largest absolute Gasteiger partial charge is 0.481 e. The highest BCUT2D eigenvalue weighted by atomic mass is 16.4. The van der Waals surface area contributed by atoms with Crippen LogP contribution in [0.3, 0.4) is 0 Å². The van der Waals surface area contributed by atoms with Gasteiger partial charge >= 0.3 is 5.97 Å². The summed E-state index contributed by atoms with van der Waals surface area (Å²) in [7, 11) is 0. The molecule has 3 heteroatoms. The van der Waals surface area contributed by atoms with E-state index in [2.05, 4.69) is 12.2 Å². The van der Waals surface area contributed by atoms with Crippen molar-refractivity contribution < 1.29 is 9.90 Å². The maximum Gasteiger partial charge on any atom is 0.310 e. The molecule has 0 amide bonds. The second-order valence-corrected chi connectivity index (χ2v) is 3.97. The topological polar surface area (TPSA) is 49.3 Å². The van der Waals surface area contributed by atoms with Crippen LogP contribution in [0.25, 0.3) is 0 Å². The van der Waals surface area contributed by atoms with Crippen LogP contribution in [0, 0.1) is 5.41 Å². The van der Waals surface area contributed by atoms with E-state index in [-0.39, 0.29) is 0 Å². The molecule has 1 aliphatic heterocycles. The van der Waals surface area contributed by atoms with Crippen LogP contribution in [0.15, 0.2) is 0 Å². The summed E-state index contributed by atoms with van der Waals surface area (Å²) >= 11 is 0. The molecule has 0 spiro atoms. The van der Waals surface area contributed by atoms with E-state index in [0.717, 1.165) is 38.6 Å². The Morgan fingerprint density at radius 2 is 2.31 bits per heavy atom. The van der Waals surface area contributed by atoms with Gasteiger partial charge in [0.1, 0.15) is 0 Å². The molecule has 1 atom stereocenters. The van der Waals surface area contributed by atoms with Crippen LogP contribution >= 0.6 is 0 Å². The van der Waals surface area contributed by atoms with Crippen molar-refractivity contribution in [3.05, 3.63) is 0 Å². The standard InChI is InChI=1S/C10H19NO2/c1-2-3-4-5-10(9(12)13)6-7-11-8-10/h11H,2-8H2,1H3,(H,12,13). The van der Waals surface area contributed by atoms with Gasteiger partial charge in [0.25, 0.3) is 0 Å². The zero-order chi connectivity index (χ0) is 9.73. The quantitative estimate of drug-likeness (QED) is 0.640. The van der Waals surface area contributed by atoms with Crippen molar-refractivity contribution in [3.63, 3.8) is 0 Å². The Morgan fingerprint density at radius 3 is 2.77 bits per heavy atom. The van der Waals surface area contributed by atoms with Gasteiger partial charge in [-0.2, -0.15) is 0 Å². The lowest BCUT2D eigenvalue weighted by Crippen LogP contribution is -2.33. The van der Waals surface area contributed by atoms with Gasteiger partial charge < -0.3 is 10.4 Å². The second-order valence-electron chi connectivity index (χ2n) is 3.97. The molecule has 0 aromatic rings. The molecule has 13 heavy (non-hydrogen) atoms. The van der Waals surface area contributed by atoms with Gasteiger partial charge in [-0.15, -0.1) is 0 Å². The van der Waals surface area contributed by atoms with Crippen molar-refractivity contribution in [3.8, 4) is 0 Å². The SMILES string of the molecule is CCCCCC1(C(=O)O)CCNC1. The fourth-order valence-electron chi connectivity index (χ4n) is 1.96. The van der Waals surface area contributed by atoms with Crippen molar-refractivity contribution >= 4 is 5.97 Å². The molecule has 1 unspecified atom stereocenters. The summed E-state index contributed by atoms with van der Waals surface area (Å²) in [6.45, 7) is 3.66. The van der Waals surface area contributed by atoms with E-state index in [0.29, 0.717) is 6.54 Å². The van der Waals surface area contributed by atoms with E-state index in [1.807, 2.05) is 0 Å². The summed E-state index contributed by atoms with van der Waals surface area (Å²) in [6, 6.07) is 0. The highest BCUT2D eigenvalue weighted by molar-refractivity contribution is 5.75. The minimum absolute atomic E-state index is 0.449. The number of carboxylic acid groups (broad SMARTS) is 1. The Bertz CT molecular complexity index is 174. The number of carboxylic acids is 1. The first-order chi connectivity index (χ1) is 6.21. The molecule has 2 N–H and O–H groups in total. The molecule has 0 radical (unpaired) electrons. The summed E-state index contributed by atoms with van der Waals surface area (Å²) in [5.41, 5.74) is -0.449. The summed E-state index contributed by atoms with van der Waals surface area (Å²) in [4.78, 5) is 11.1. The first-order valence-corrected chi connectivity index (χ1v) is 5.15. The normalized spacial score (nSPS) is 27.8. The predicted molar refractivity (Wildman–Crippen MR) is 51.7 cm³/mol. The number of unbranched alkanes of at least 4 members (excludes halogenated alkanes) is 2. The number of rotatable bonds is 5. The fourth-order valence-corrected chi connectivity index (χ4v) is 1.96. The summed E-state index contributed by atoms with van der Waals surface area (Å²) in [5, 5.41) is 12.3. The van der Waals surface area contributed by atoms with Crippen LogP contribution in [-0.2, 0) is 4.79 Å². The van der Waals surface area contributed by atoms with Crippen LogP contribution in [0.1, 0.15) is 39.0 Å². The molecule has 1 saturated heterocycles. The minimum Gasteiger partial charge on any atom is -0.481 e. The highest BCUT2D eigenvalue weighted by Gasteiger charge is 2.40. The average Bonchev–Trinajstić information content (AvgIpc) is 2.55. The van der Waals surface area contributed by atoms with E-state index < -0.39 is 11.4 Å². The molecule has 0 aliphatic carbocycles. The Balaban J connectivity index is 2.43. The van der Waals surface area contributed by atoms with Crippen molar-refractivity contribution in [1.82, 2.24) is 5.32 Å². The second kappa shape index (κ2) is 4.61. The predicted octanol–water partition coefficient (Wildman–Crippen LogP) is 1.63. The third-order valence-corrected chi connectivity index (χ3v) is 2.96. The van der Waals surface area contributed by atoms with Gasteiger partial charge in [-0.1, -0.05) is 26.2 Å². The van der Waals surface area contributed by atoms with Gasteiger partial charge in [-0.3, -0.25) is 4.79 Å². The van der Waals surface area contributed by atoms with E-state index in [9.17, 15) is 4.79 Å². The lowest BCUT2D eigenvalue weighted by molar-refractivity contribution is -0.148. The number of carbonyl (C=O) groups is 1. The van der Waals surface area contributed by atoms with Crippen LogP contribution in [-0.4, -0.2) is 24.2 Å². The maximum atomic E-state index is 11.1. The van der Waals surface area contributed by atoms with Crippen molar-refractivity contribution in [2.24, 2.45) is 5.41 Å². The molecule has 0 aromatic carbocycles. The minimum atomic E-state index is -0.617. The van der Waals surface area contributed by atoms with Gasteiger partial charge in [0.2, 0.25) is 0 Å². The Kier molecular flexibility index (Phi) is 3.72. The Hall–Kier alpha value is -0.570. The fraction of sp³-hybridized carbons (Fsp3) is 0.900. The van der Waals surface area contributed by atoms with Gasteiger partial charge in [-0.05, 0) is 19.4 Å². The molecule has 3 nitrogen and oxygen atoms in total. The Morgan fingerprint density at radius 1 is 1.54 bits per heavy atom. The zero-order valence-electron chi connectivity index (χ0n) is 8.31. The van der Waals surface area contributed by atoms with Crippen molar-refractivity contribution in [2.45, 2.75) is 39.0 Å². The zero-order valence-corrected chi connectivity index (χ0v) is 8.31. The van der Waals surface area contributed by atoms with E-state index in [4.69, 9.17) is 5.11 Å². The molecular formula is C10H19NO2. The van der Waals surface area contributed by atoms with Crippen molar-refractivity contribution in [1.29, 1.82) is 0 Å². The molecular weight excluding hydrogens is 166 g/mol. The van der Waals surface area contributed by atoms with Crippen LogP contribution in [0.4, 0.5) is 0 Å². The van der Waals surface area contributed by atoms with Crippen LogP contribution in [0.5, 0.6) is 0 Å². The smallest absolute Gasteiger partial charge is 0.310 e. The van der Waals surface area contributed by atoms with Gasteiger partial charge in [0.05, 0.1) is 5.41 Å². The summed E-state index contributed by atoms with van der Waals surface area (Å²) in [6.07, 6.45) is 4.98. The molecule has 1 fully saturated rings. The summed E-state index contributed by atoms with van der Waals surface area (Å²) < 4.78 is 0. The number of hydrogen-bond acceptors (Lipinski definition) is 2. The third-order valence-electron chi connectivity index (χ3n) is 2.96. The average molecular weight is 185 g/mol. The molecule has 1 heterocycles. The maximum absolute atomic E-state index is 11.1. The monoisotopic (exact) mass is 185 g/mol. The number of hydrogen-bond donors (Lipinski definition) is 2. The Labute approximate surface area is 79.5 Å². The lowest BCUT2D eigenvalue weighted by Gasteiger charge is -2.22. The molecule has 1 rings (SSSR count). The van der Waals surface area contributed by atoms with E-state index in [1.54, 1.807) is 0 Å². The van der Waals surface area contributed by atoms with Crippen LogP contribution < -0.4 is 5.32 Å². The van der Waals surface area contributed by atoms with Crippen LogP contribution in [0.2, 0.25) is 0 Å². The summed E-state index contributed by atoms with van der Waals surface area (Å²) in [5.74, 6) is -0.617. The molecule has 0 bridgehead atoms. The molecule has 0 aromatic heterocycles. The van der Waals surface area contributed by atoms with Crippen molar-refractivity contribution in [2.75, 3.05) is 13.1 Å². The molecule has 76 valence electrons.